The Morgan fingerprint density at radius 1 is 1.13 bits per heavy atom. The van der Waals surface area contributed by atoms with Crippen LogP contribution in [0, 0.1) is 0 Å². The lowest BCUT2D eigenvalue weighted by atomic mass is 9.95. The zero-order valence-corrected chi connectivity index (χ0v) is 22.6. The molecule has 1 aromatic rings. The number of nitrogens with zero attached hydrogens (tertiary/aromatic N) is 3. The molecule has 2 heterocycles. The molecule has 1 unspecified atom stereocenters. The van der Waals surface area contributed by atoms with E-state index in [1.54, 1.807) is 12.2 Å². The van der Waals surface area contributed by atoms with Crippen LogP contribution in [-0.2, 0) is 20.4 Å². The highest BCUT2D eigenvalue weighted by atomic mass is 32.2. The molecule has 2 N–H and O–H groups in total. The summed E-state index contributed by atoms with van der Waals surface area (Å²) in [6.45, 7) is 3.16. The average Bonchev–Trinajstić information content (AvgIpc) is 2.88. The van der Waals surface area contributed by atoms with Crippen molar-refractivity contribution in [2.45, 2.75) is 37.3 Å². The van der Waals surface area contributed by atoms with Gasteiger partial charge in [-0.05, 0) is 30.7 Å². The van der Waals surface area contributed by atoms with Crippen molar-refractivity contribution in [1.82, 2.24) is 9.21 Å². The number of thiocarbonyl (C=S) groups is 1. The van der Waals surface area contributed by atoms with Crippen LogP contribution in [0.5, 0.6) is 0 Å². The first-order chi connectivity index (χ1) is 17.8. The van der Waals surface area contributed by atoms with E-state index in [4.69, 9.17) is 17.0 Å². The summed E-state index contributed by atoms with van der Waals surface area (Å²) in [6.07, 6.45) is 0.200. The predicted octanol–water partition coefficient (Wildman–Crippen LogP) is 2.18. The normalized spacial score (nSPS) is 25.8. The lowest BCUT2D eigenvalue weighted by molar-refractivity contribution is -0.258. The Morgan fingerprint density at radius 2 is 1.84 bits per heavy atom. The zero-order chi connectivity index (χ0) is 27.7. The zero-order valence-electron chi connectivity index (χ0n) is 21.0. The van der Waals surface area contributed by atoms with Crippen LogP contribution in [0.25, 0.3) is 0 Å². The molecule has 2 fully saturated rings. The van der Waals surface area contributed by atoms with E-state index in [1.165, 1.54) is 34.6 Å². The number of morpholine rings is 1. The summed E-state index contributed by atoms with van der Waals surface area (Å²) in [5, 5.41) is 19.6. The number of benzene rings is 1. The fourth-order valence-electron chi connectivity index (χ4n) is 4.93. The maximum Gasteiger partial charge on any atom is 0.421 e. The summed E-state index contributed by atoms with van der Waals surface area (Å²) in [4.78, 5) is 4.55. The third-order valence-electron chi connectivity index (χ3n) is 7.23. The van der Waals surface area contributed by atoms with Crippen LogP contribution in [0.1, 0.15) is 18.9 Å². The molecule has 38 heavy (non-hydrogen) atoms. The molecule has 0 amide bonds. The van der Waals surface area contributed by atoms with Gasteiger partial charge in [0.15, 0.2) is 5.60 Å². The Morgan fingerprint density at radius 3 is 2.47 bits per heavy atom. The van der Waals surface area contributed by atoms with Gasteiger partial charge < -0.3 is 19.8 Å². The molecule has 13 heteroatoms. The molecule has 0 aromatic heterocycles. The number of aliphatic hydroxyl groups excluding tert-OH is 1. The first-order valence-corrected chi connectivity index (χ1v) is 14.2. The molecule has 2 aliphatic heterocycles. The van der Waals surface area contributed by atoms with E-state index in [1.807, 2.05) is 4.90 Å². The second-order valence-corrected chi connectivity index (χ2v) is 12.2. The van der Waals surface area contributed by atoms with Crippen LogP contribution in [0.3, 0.4) is 0 Å². The fraction of sp³-hybridized carbons (Fsp3) is 0.560. The van der Waals surface area contributed by atoms with Gasteiger partial charge in [0.2, 0.25) is 10.0 Å². The molecule has 0 radical (unpaired) electrons. The number of ether oxygens (including phenoxy) is 1. The summed E-state index contributed by atoms with van der Waals surface area (Å²) < 4.78 is 73.9. The number of allylic oxidation sites excluding steroid dienone is 4. The van der Waals surface area contributed by atoms with E-state index in [0.29, 0.717) is 56.7 Å². The van der Waals surface area contributed by atoms with Gasteiger partial charge in [0, 0.05) is 56.2 Å². The van der Waals surface area contributed by atoms with Crippen LogP contribution in [-0.4, -0.2) is 104 Å². The molecule has 4 rings (SSSR count). The molecule has 210 valence electrons. The number of piperazine rings is 1. The maximum absolute atomic E-state index is 13.5. The van der Waals surface area contributed by atoms with Crippen molar-refractivity contribution in [3.05, 3.63) is 53.0 Å². The van der Waals surface area contributed by atoms with Gasteiger partial charge in [0.1, 0.15) is 0 Å². The summed E-state index contributed by atoms with van der Waals surface area (Å²) in [5.74, 6) is 0. The monoisotopic (exact) mass is 575 g/mol. The van der Waals surface area contributed by atoms with E-state index in [2.05, 4.69) is 4.90 Å². The molecule has 8 nitrogen and oxygen atoms in total. The standard InChI is InChI=1S/C25H32F3N3O5S2/c1-24(33,25(26,27)28)18-6-8-19(9-7-18)31-11-10-30(38(34,35)23-5-3-2-4-22(23)37)15-20(31)14-29-12-13-36-21(16-29)17-32/h2-3,5-9,20-21,32-33H,4,10-17H2,1H3/t20-,21+,24?/m0/s1. The summed E-state index contributed by atoms with van der Waals surface area (Å²) in [7, 11) is -3.84. The lowest BCUT2D eigenvalue weighted by Gasteiger charge is -2.45. The SMILES string of the molecule is CC(O)(c1ccc(N2CCN(S(=O)(=O)C3=CC=CCC3=S)C[C@@H]2CN2CCO[C@@H](CO)C2)cc1)C(F)(F)F. The third-order valence-corrected chi connectivity index (χ3v) is 9.70. The number of anilines is 1. The molecule has 2 saturated heterocycles. The molecule has 0 bridgehead atoms. The van der Waals surface area contributed by atoms with E-state index < -0.39 is 21.8 Å². The number of rotatable bonds is 7. The van der Waals surface area contributed by atoms with Crippen LogP contribution in [0.2, 0.25) is 0 Å². The van der Waals surface area contributed by atoms with Gasteiger partial charge in [-0.3, -0.25) is 4.90 Å². The Balaban J connectivity index is 1.60. The lowest BCUT2D eigenvalue weighted by Crippen LogP contribution is -2.60. The molecule has 0 spiro atoms. The first kappa shape index (κ1) is 29.1. The molecule has 0 saturated carbocycles. The Labute approximate surface area is 226 Å². The van der Waals surface area contributed by atoms with Crippen LogP contribution >= 0.6 is 12.2 Å². The van der Waals surface area contributed by atoms with Gasteiger partial charge in [0.25, 0.3) is 0 Å². The number of aliphatic hydroxyl groups is 2. The van der Waals surface area contributed by atoms with Crippen LogP contribution in [0.4, 0.5) is 18.9 Å². The van der Waals surface area contributed by atoms with E-state index in [9.17, 15) is 31.8 Å². The van der Waals surface area contributed by atoms with Gasteiger partial charge in [-0.2, -0.15) is 17.5 Å². The van der Waals surface area contributed by atoms with Crippen molar-refractivity contribution < 1.29 is 36.5 Å². The van der Waals surface area contributed by atoms with Crippen molar-refractivity contribution in [1.29, 1.82) is 0 Å². The van der Waals surface area contributed by atoms with Crippen molar-refractivity contribution in [2.24, 2.45) is 0 Å². The quantitative estimate of drug-likeness (QED) is 0.478. The minimum atomic E-state index is -4.83. The predicted molar refractivity (Wildman–Crippen MR) is 141 cm³/mol. The van der Waals surface area contributed by atoms with Gasteiger partial charge in [0.05, 0.1) is 30.3 Å². The van der Waals surface area contributed by atoms with Gasteiger partial charge >= 0.3 is 6.18 Å². The second-order valence-electron chi connectivity index (χ2n) is 9.85. The molecular weight excluding hydrogens is 543 g/mol. The van der Waals surface area contributed by atoms with Crippen molar-refractivity contribution in [3.8, 4) is 0 Å². The van der Waals surface area contributed by atoms with Crippen molar-refractivity contribution >= 4 is 32.8 Å². The Kier molecular flexibility index (Phi) is 8.67. The Hall–Kier alpha value is -1.87. The highest BCUT2D eigenvalue weighted by Gasteiger charge is 2.51. The van der Waals surface area contributed by atoms with E-state index >= 15 is 0 Å². The number of sulfonamides is 1. The highest BCUT2D eigenvalue weighted by Crippen LogP contribution is 2.39. The minimum Gasteiger partial charge on any atom is -0.394 e. The molecule has 3 atom stereocenters. The second kappa shape index (κ2) is 11.3. The number of hydrogen-bond acceptors (Lipinski definition) is 8. The fourth-order valence-corrected chi connectivity index (χ4v) is 7.00. The minimum absolute atomic E-state index is 0.118. The van der Waals surface area contributed by atoms with Gasteiger partial charge in [-0.25, -0.2) is 8.42 Å². The van der Waals surface area contributed by atoms with E-state index in [0.717, 1.165) is 0 Å². The Bertz CT molecular complexity index is 1190. The summed E-state index contributed by atoms with van der Waals surface area (Å²) in [6, 6.07) is 5.20. The first-order valence-electron chi connectivity index (χ1n) is 12.4. The van der Waals surface area contributed by atoms with Crippen molar-refractivity contribution in [3.63, 3.8) is 0 Å². The van der Waals surface area contributed by atoms with Crippen LogP contribution in [0.15, 0.2) is 47.4 Å². The van der Waals surface area contributed by atoms with Gasteiger partial charge in [-0.15, -0.1) is 0 Å². The smallest absolute Gasteiger partial charge is 0.394 e. The largest absolute Gasteiger partial charge is 0.421 e. The topological polar surface area (TPSA) is 93.6 Å². The summed E-state index contributed by atoms with van der Waals surface area (Å²) in [5.41, 5.74) is -2.65. The molecule has 3 aliphatic rings. The van der Waals surface area contributed by atoms with E-state index in [-0.39, 0.29) is 42.3 Å². The molecular formula is C25H32F3N3O5S2. The number of alkyl halides is 3. The van der Waals surface area contributed by atoms with Gasteiger partial charge in [-0.1, -0.05) is 36.5 Å². The summed E-state index contributed by atoms with van der Waals surface area (Å²) >= 11 is 5.32. The van der Waals surface area contributed by atoms with Crippen LogP contribution < -0.4 is 4.90 Å². The average molecular weight is 576 g/mol. The third kappa shape index (κ3) is 5.98. The molecule has 1 aromatic carbocycles. The number of hydrogen-bond donors (Lipinski definition) is 2. The highest BCUT2D eigenvalue weighted by molar-refractivity contribution is 7.96. The maximum atomic E-state index is 13.5. The van der Waals surface area contributed by atoms with Crippen molar-refractivity contribution in [2.75, 3.05) is 57.4 Å². The molecule has 1 aliphatic carbocycles. The number of halogens is 3.